The van der Waals surface area contributed by atoms with E-state index in [9.17, 15) is 0 Å². The van der Waals surface area contributed by atoms with E-state index in [0.717, 1.165) is 29.4 Å². The van der Waals surface area contributed by atoms with Gasteiger partial charge in [-0.15, -0.1) is 0 Å². The van der Waals surface area contributed by atoms with Gasteiger partial charge in [-0.3, -0.25) is 0 Å². The first kappa shape index (κ1) is 14.5. The lowest BCUT2D eigenvalue weighted by Gasteiger charge is -2.26. The van der Waals surface area contributed by atoms with Gasteiger partial charge in [0.25, 0.3) is 0 Å². The Morgan fingerprint density at radius 1 is 1.21 bits per heavy atom. The van der Waals surface area contributed by atoms with Crippen LogP contribution >= 0.6 is 11.8 Å². The number of ether oxygens (including phenoxy) is 2. The number of rotatable bonds is 5. The largest absolute Gasteiger partial charge is 0.496 e. The van der Waals surface area contributed by atoms with Gasteiger partial charge in [0.15, 0.2) is 0 Å². The minimum absolute atomic E-state index is 0.0146. The van der Waals surface area contributed by atoms with Crippen LogP contribution in [0.25, 0.3) is 0 Å². The highest BCUT2D eigenvalue weighted by molar-refractivity contribution is 7.99. The Hall–Kier alpha value is -0.870. The van der Waals surface area contributed by atoms with Crippen LogP contribution in [0.4, 0.5) is 0 Å². The highest BCUT2D eigenvalue weighted by Gasteiger charge is 2.22. The van der Waals surface area contributed by atoms with Crippen molar-refractivity contribution in [2.45, 2.75) is 25.3 Å². The molecule has 0 saturated carbocycles. The molecular formula is C15H23NO2S. The minimum Gasteiger partial charge on any atom is -0.496 e. The fraction of sp³-hybridized carbons (Fsp3) is 0.600. The van der Waals surface area contributed by atoms with Crippen LogP contribution in [-0.4, -0.2) is 25.7 Å². The van der Waals surface area contributed by atoms with Gasteiger partial charge < -0.3 is 15.2 Å². The van der Waals surface area contributed by atoms with Gasteiger partial charge in [0.2, 0.25) is 0 Å². The van der Waals surface area contributed by atoms with Crippen molar-refractivity contribution in [1.29, 1.82) is 0 Å². The van der Waals surface area contributed by atoms with E-state index in [1.165, 1.54) is 24.3 Å². The zero-order chi connectivity index (χ0) is 13.7. The van der Waals surface area contributed by atoms with E-state index in [0.29, 0.717) is 0 Å². The summed E-state index contributed by atoms with van der Waals surface area (Å²) < 4.78 is 10.9. The molecule has 0 spiro atoms. The lowest BCUT2D eigenvalue weighted by molar-refractivity contribution is 0.359. The van der Waals surface area contributed by atoms with Crippen molar-refractivity contribution in [2.75, 3.05) is 25.7 Å². The average Bonchev–Trinajstić information content (AvgIpc) is 2.47. The van der Waals surface area contributed by atoms with E-state index in [-0.39, 0.29) is 6.04 Å². The molecular weight excluding hydrogens is 258 g/mol. The van der Waals surface area contributed by atoms with Gasteiger partial charge in [0.1, 0.15) is 11.5 Å². The third-order valence-corrected chi connectivity index (χ3v) is 4.81. The van der Waals surface area contributed by atoms with E-state index in [2.05, 4.69) is 0 Å². The predicted molar refractivity (Wildman–Crippen MR) is 81.1 cm³/mol. The molecule has 4 heteroatoms. The summed E-state index contributed by atoms with van der Waals surface area (Å²) in [6.45, 7) is 0. The predicted octanol–water partition coefficient (Wildman–Crippen LogP) is 3.24. The quantitative estimate of drug-likeness (QED) is 0.900. The van der Waals surface area contributed by atoms with Crippen molar-refractivity contribution in [3.05, 3.63) is 23.8 Å². The van der Waals surface area contributed by atoms with E-state index in [1.54, 1.807) is 14.2 Å². The first-order chi connectivity index (χ1) is 9.26. The molecule has 1 aliphatic heterocycles. The SMILES string of the molecule is COc1cccc(OC)c1C(N)CC1CCSCC1. The molecule has 1 aliphatic rings. The van der Waals surface area contributed by atoms with Crippen LogP contribution in [0.3, 0.4) is 0 Å². The Morgan fingerprint density at radius 2 is 1.79 bits per heavy atom. The van der Waals surface area contributed by atoms with Crippen molar-refractivity contribution in [1.82, 2.24) is 0 Å². The van der Waals surface area contributed by atoms with Gasteiger partial charge in [-0.1, -0.05) is 6.07 Å². The lowest BCUT2D eigenvalue weighted by Crippen LogP contribution is -2.20. The van der Waals surface area contributed by atoms with Crippen LogP contribution in [0, 0.1) is 5.92 Å². The summed E-state index contributed by atoms with van der Waals surface area (Å²) in [5.41, 5.74) is 7.42. The Balaban J connectivity index is 2.14. The second-order valence-corrected chi connectivity index (χ2v) is 6.20. The third kappa shape index (κ3) is 3.57. The lowest BCUT2D eigenvalue weighted by atomic mass is 9.90. The molecule has 2 N–H and O–H groups in total. The van der Waals surface area contributed by atoms with Crippen molar-refractivity contribution in [3.8, 4) is 11.5 Å². The van der Waals surface area contributed by atoms with Crippen LogP contribution in [-0.2, 0) is 0 Å². The van der Waals surface area contributed by atoms with Crippen LogP contribution in [0.1, 0.15) is 30.9 Å². The Bertz CT molecular complexity index is 383. The number of nitrogens with two attached hydrogens (primary N) is 1. The summed E-state index contributed by atoms with van der Waals surface area (Å²) in [4.78, 5) is 0. The number of hydrogen-bond donors (Lipinski definition) is 1. The molecule has 106 valence electrons. The molecule has 1 atom stereocenters. The van der Waals surface area contributed by atoms with E-state index in [4.69, 9.17) is 15.2 Å². The fourth-order valence-electron chi connectivity index (χ4n) is 2.70. The average molecular weight is 281 g/mol. The summed E-state index contributed by atoms with van der Waals surface area (Å²) in [6.07, 6.45) is 3.56. The molecule has 0 aliphatic carbocycles. The maximum atomic E-state index is 6.41. The summed E-state index contributed by atoms with van der Waals surface area (Å²) in [6, 6.07) is 5.83. The van der Waals surface area contributed by atoms with Crippen molar-refractivity contribution >= 4 is 11.8 Å². The standard InChI is InChI=1S/C15H23NO2S/c1-17-13-4-3-5-14(18-2)15(13)12(16)10-11-6-8-19-9-7-11/h3-5,11-12H,6-10,16H2,1-2H3. The van der Waals surface area contributed by atoms with E-state index in [1.807, 2.05) is 30.0 Å². The monoisotopic (exact) mass is 281 g/mol. The fourth-order valence-corrected chi connectivity index (χ4v) is 3.91. The molecule has 1 fully saturated rings. The molecule has 19 heavy (non-hydrogen) atoms. The van der Waals surface area contributed by atoms with Gasteiger partial charge in [-0.2, -0.15) is 11.8 Å². The van der Waals surface area contributed by atoms with Crippen LogP contribution in [0.5, 0.6) is 11.5 Å². The van der Waals surface area contributed by atoms with Gasteiger partial charge in [-0.05, 0) is 48.8 Å². The topological polar surface area (TPSA) is 44.5 Å². The van der Waals surface area contributed by atoms with Gasteiger partial charge in [0.05, 0.1) is 19.8 Å². The Labute approximate surface area is 119 Å². The Kier molecular flexibility index (Phi) is 5.40. The molecule has 1 saturated heterocycles. The molecule has 1 aromatic carbocycles. The maximum Gasteiger partial charge on any atom is 0.127 e. The number of hydrogen-bond acceptors (Lipinski definition) is 4. The molecule has 0 bridgehead atoms. The minimum atomic E-state index is -0.0146. The summed E-state index contributed by atoms with van der Waals surface area (Å²) >= 11 is 2.05. The first-order valence-electron chi connectivity index (χ1n) is 6.80. The molecule has 1 aromatic rings. The molecule has 0 radical (unpaired) electrons. The molecule has 3 nitrogen and oxygen atoms in total. The Morgan fingerprint density at radius 3 is 2.32 bits per heavy atom. The van der Waals surface area contributed by atoms with Crippen molar-refractivity contribution in [3.63, 3.8) is 0 Å². The smallest absolute Gasteiger partial charge is 0.127 e. The summed E-state index contributed by atoms with van der Waals surface area (Å²) in [5, 5.41) is 0. The third-order valence-electron chi connectivity index (χ3n) is 3.76. The van der Waals surface area contributed by atoms with Crippen molar-refractivity contribution in [2.24, 2.45) is 11.7 Å². The zero-order valence-corrected chi connectivity index (χ0v) is 12.5. The zero-order valence-electron chi connectivity index (χ0n) is 11.7. The van der Waals surface area contributed by atoms with Gasteiger partial charge >= 0.3 is 0 Å². The molecule has 1 unspecified atom stereocenters. The number of thioether (sulfide) groups is 1. The second kappa shape index (κ2) is 7.06. The molecule has 0 amide bonds. The second-order valence-electron chi connectivity index (χ2n) is 4.97. The van der Waals surface area contributed by atoms with Crippen LogP contribution in [0.2, 0.25) is 0 Å². The summed E-state index contributed by atoms with van der Waals surface area (Å²) in [5.74, 6) is 4.92. The number of benzene rings is 1. The highest BCUT2D eigenvalue weighted by atomic mass is 32.2. The van der Waals surface area contributed by atoms with Crippen molar-refractivity contribution < 1.29 is 9.47 Å². The van der Waals surface area contributed by atoms with Crippen LogP contribution < -0.4 is 15.2 Å². The van der Waals surface area contributed by atoms with Crippen LogP contribution in [0.15, 0.2) is 18.2 Å². The van der Waals surface area contributed by atoms with Gasteiger partial charge in [-0.25, -0.2) is 0 Å². The first-order valence-corrected chi connectivity index (χ1v) is 7.96. The summed E-state index contributed by atoms with van der Waals surface area (Å²) in [7, 11) is 3.37. The normalized spacial score (nSPS) is 18.1. The van der Waals surface area contributed by atoms with E-state index < -0.39 is 0 Å². The van der Waals surface area contributed by atoms with E-state index >= 15 is 0 Å². The molecule has 2 rings (SSSR count). The maximum absolute atomic E-state index is 6.41. The molecule has 1 heterocycles. The number of methoxy groups -OCH3 is 2. The highest BCUT2D eigenvalue weighted by Crippen LogP contribution is 2.37. The van der Waals surface area contributed by atoms with Gasteiger partial charge in [0, 0.05) is 6.04 Å². The molecule has 0 aromatic heterocycles.